The fraction of sp³-hybridized carbons (Fsp3) is 0.500. The molecule has 0 aliphatic carbocycles. The minimum atomic E-state index is 0.0487. The normalized spacial score (nSPS) is 12.1. The Kier molecular flexibility index (Phi) is 8.54. The molecule has 0 saturated heterocycles. The number of thiophene rings is 1. The van der Waals surface area contributed by atoms with Crippen LogP contribution in [0.5, 0.6) is 5.88 Å². The molecule has 2 N–H and O–H groups in total. The average molecular weight is 391 g/mol. The number of nitrogens with one attached hydrogen (secondary N) is 2. The Bertz CT molecular complexity index is 685. The third-order valence-electron chi connectivity index (χ3n) is 3.98. The van der Waals surface area contributed by atoms with E-state index in [1.807, 2.05) is 12.1 Å². The van der Waals surface area contributed by atoms with E-state index >= 15 is 0 Å². The van der Waals surface area contributed by atoms with Crippen LogP contribution < -0.4 is 15.4 Å². The number of pyridine rings is 1. The van der Waals surface area contributed by atoms with Gasteiger partial charge in [0.25, 0.3) is 0 Å². The fourth-order valence-corrected chi connectivity index (χ4v) is 3.24. The van der Waals surface area contributed by atoms with Gasteiger partial charge in [-0.2, -0.15) is 0 Å². The number of rotatable bonds is 10. The topological polar surface area (TPSA) is 67.8 Å². The second-order valence-corrected chi connectivity index (χ2v) is 7.70. The molecule has 2 aromatic rings. The zero-order valence-electron chi connectivity index (χ0n) is 16.6. The number of hydrogen-bond donors (Lipinski definition) is 2. The number of methoxy groups -OCH3 is 1. The van der Waals surface area contributed by atoms with Gasteiger partial charge in [0.05, 0.1) is 13.2 Å². The summed E-state index contributed by atoms with van der Waals surface area (Å²) in [6.07, 6.45) is 1.80. The molecule has 6 nitrogen and oxygen atoms in total. The van der Waals surface area contributed by atoms with Crippen molar-refractivity contribution in [2.45, 2.75) is 32.7 Å². The molecule has 0 saturated carbocycles. The van der Waals surface area contributed by atoms with Gasteiger partial charge < -0.3 is 20.1 Å². The Morgan fingerprint density at radius 1 is 1.22 bits per heavy atom. The van der Waals surface area contributed by atoms with Crippen molar-refractivity contribution in [1.82, 2.24) is 15.6 Å². The van der Waals surface area contributed by atoms with E-state index in [2.05, 4.69) is 58.9 Å². The molecule has 0 amide bonds. The molecule has 0 unspecified atom stereocenters. The second kappa shape index (κ2) is 10.9. The van der Waals surface area contributed by atoms with Crippen molar-refractivity contribution in [1.29, 1.82) is 0 Å². The zero-order valence-corrected chi connectivity index (χ0v) is 17.4. The molecule has 0 fully saturated rings. The fourth-order valence-electron chi connectivity index (χ4n) is 2.39. The van der Waals surface area contributed by atoms with Crippen LogP contribution in [0.1, 0.15) is 31.2 Å². The molecule has 0 bridgehead atoms. The van der Waals surface area contributed by atoms with E-state index in [0.717, 1.165) is 24.6 Å². The minimum Gasteiger partial charge on any atom is -0.475 e. The van der Waals surface area contributed by atoms with Gasteiger partial charge in [-0.05, 0) is 23.9 Å². The largest absolute Gasteiger partial charge is 0.475 e. The molecule has 7 heteroatoms. The van der Waals surface area contributed by atoms with Gasteiger partial charge in [-0.25, -0.2) is 9.98 Å². The van der Waals surface area contributed by atoms with E-state index in [4.69, 9.17) is 9.47 Å². The first kappa shape index (κ1) is 21.2. The monoisotopic (exact) mass is 390 g/mol. The van der Waals surface area contributed by atoms with E-state index in [-0.39, 0.29) is 5.41 Å². The number of nitrogens with zero attached hydrogens (tertiary/aromatic N) is 2. The van der Waals surface area contributed by atoms with Gasteiger partial charge in [0.2, 0.25) is 5.88 Å². The summed E-state index contributed by atoms with van der Waals surface area (Å²) >= 11 is 1.79. The molecular weight excluding hydrogens is 360 g/mol. The molecule has 148 valence electrons. The highest BCUT2D eigenvalue weighted by Gasteiger charge is 2.21. The first-order chi connectivity index (χ1) is 13.0. The van der Waals surface area contributed by atoms with Crippen LogP contribution in [0.2, 0.25) is 0 Å². The molecule has 0 atom stereocenters. The Balaban J connectivity index is 1.90. The predicted molar refractivity (Wildman–Crippen MR) is 112 cm³/mol. The number of hydrogen-bond acceptors (Lipinski definition) is 5. The zero-order chi connectivity index (χ0) is 19.5. The Hall–Kier alpha value is -2.12. The third kappa shape index (κ3) is 7.19. The van der Waals surface area contributed by atoms with E-state index in [1.54, 1.807) is 24.6 Å². The predicted octanol–water partition coefficient (Wildman–Crippen LogP) is 3.20. The van der Waals surface area contributed by atoms with Crippen LogP contribution in [0.15, 0.2) is 40.8 Å². The lowest BCUT2D eigenvalue weighted by molar-refractivity contribution is 0.143. The van der Waals surface area contributed by atoms with E-state index in [1.165, 1.54) is 4.88 Å². The second-order valence-electron chi connectivity index (χ2n) is 6.76. The van der Waals surface area contributed by atoms with Gasteiger partial charge in [0.15, 0.2) is 5.96 Å². The molecular formula is C20H30N4O2S. The summed E-state index contributed by atoms with van der Waals surface area (Å²) in [5.74, 6) is 1.41. The molecule has 2 rings (SSSR count). The van der Waals surface area contributed by atoms with Crippen molar-refractivity contribution in [3.8, 4) is 5.88 Å². The summed E-state index contributed by atoms with van der Waals surface area (Å²) in [7, 11) is 1.65. The van der Waals surface area contributed by atoms with Crippen molar-refractivity contribution in [2.75, 3.05) is 33.4 Å². The van der Waals surface area contributed by atoms with Gasteiger partial charge in [-0.1, -0.05) is 26.0 Å². The van der Waals surface area contributed by atoms with Crippen LogP contribution in [0.3, 0.4) is 0 Å². The molecule has 2 aromatic heterocycles. The lowest BCUT2D eigenvalue weighted by atomic mass is 9.91. The Labute approximate surface area is 166 Å². The lowest BCUT2D eigenvalue weighted by Crippen LogP contribution is -2.43. The molecule has 0 radical (unpaired) electrons. The maximum atomic E-state index is 5.48. The van der Waals surface area contributed by atoms with Crippen LogP contribution in [-0.4, -0.2) is 44.4 Å². The van der Waals surface area contributed by atoms with Crippen LogP contribution in [0.25, 0.3) is 0 Å². The average Bonchev–Trinajstić information content (AvgIpc) is 3.21. The quantitative estimate of drug-likeness (QED) is 0.370. The van der Waals surface area contributed by atoms with Crippen molar-refractivity contribution >= 4 is 17.3 Å². The molecule has 0 spiro atoms. The van der Waals surface area contributed by atoms with Crippen LogP contribution >= 0.6 is 11.3 Å². The molecule has 0 aliphatic heterocycles. The smallest absolute Gasteiger partial charge is 0.213 e. The van der Waals surface area contributed by atoms with Gasteiger partial charge in [0, 0.05) is 42.8 Å². The molecule has 0 aromatic carbocycles. The molecule has 0 aliphatic rings. The summed E-state index contributed by atoms with van der Waals surface area (Å²) in [6, 6.07) is 8.12. The maximum absolute atomic E-state index is 5.48. The molecule has 27 heavy (non-hydrogen) atoms. The summed E-state index contributed by atoms with van der Waals surface area (Å²) in [4.78, 5) is 10.3. The van der Waals surface area contributed by atoms with E-state index in [0.29, 0.717) is 25.6 Å². The van der Waals surface area contributed by atoms with Crippen molar-refractivity contribution in [2.24, 2.45) is 4.99 Å². The first-order valence-corrected chi connectivity index (χ1v) is 10.1. The van der Waals surface area contributed by atoms with Gasteiger partial charge in [0.1, 0.15) is 6.61 Å². The minimum absolute atomic E-state index is 0.0487. The van der Waals surface area contributed by atoms with Gasteiger partial charge in [-0.3, -0.25) is 0 Å². The summed E-state index contributed by atoms with van der Waals surface area (Å²) in [5.41, 5.74) is 1.08. The van der Waals surface area contributed by atoms with Crippen LogP contribution in [-0.2, 0) is 16.7 Å². The number of ether oxygens (including phenoxy) is 2. The SMILES string of the molecule is CCNC(=NCc1ccc(OCCOC)nc1)NCC(C)(C)c1cccs1. The lowest BCUT2D eigenvalue weighted by Gasteiger charge is -2.25. The van der Waals surface area contributed by atoms with Gasteiger partial charge in [-0.15, -0.1) is 11.3 Å². The Morgan fingerprint density at radius 2 is 2.07 bits per heavy atom. The highest BCUT2D eigenvalue weighted by atomic mass is 32.1. The van der Waals surface area contributed by atoms with Crippen molar-refractivity contribution in [3.63, 3.8) is 0 Å². The highest BCUT2D eigenvalue weighted by Crippen LogP contribution is 2.26. The highest BCUT2D eigenvalue weighted by molar-refractivity contribution is 7.10. The van der Waals surface area contributed by atoms with Crippen molar-refractivity contribution in [3.05, 3.63) is 46.3 Å². The van der Waals surface area contributed by atoms with Crippen molar-refractivity contribution < 1.29 is 9.47 Å². The number of aromatic nitrogens is 1. The summed E-state index contributed by atoms with van der Waals surface area (Å²) in [6.45, 7) is 9.77. The number of guanidine groups is 1. The number of aliphatic imine (C=N–C) groups is 1. The first-order valence-electron chi connectivity index (χ1n) is 9.18. The standard InChI is InChI=1S/C20H30N4O2S/c1-5-21-19(24-15-20(2,3)17-7-6-12-27-17)23-14-16-8-9-18(22-13-16)26-11-10-25-4/h6-9,12-13H,5,10-11,14-15H2,1-4H3,(H2,21,23,24). The van der Waals surface area contributed by atoms with Crippen LogP contribution in [0.4, 0.5) is 0 Å². The van der Waals surface area contributed by atoms with Gasteiger partial charge >= 0.3 is 0 Å². The molecule has 2 heterocycles. The summed E-state index contributed by atoms with van der Waals surface area (Å²) < 4.78 is 10.4. The Morgan fingerprint density at radius 3 is 2.70 bits per heavy atom. The maximum Gasteiger partial charge on any atom is 0.213 e. The van der Waals surface area contributed by atoms with E-state index < -0.39 is 0 Å². The van der Waals surface area contributed by atoms with Crippen LogP contribution in [0, 0.1) is 0 Å². The summed E-state index contributed by atoms with van der Waals surface area (Å²) in [5, 5.41) is 8.87. The third-order valence-corrected chi connectivity index (χ3v) is 5.22. The van der Waals surface area contributed by atoms with E-state index in [9.17, 15) is 0 Å².